The van der Waals surface area contributed by atoms with Gasteiger partial charge in [0, 0.05) is 13.0 Å². The van der Waals surface area contributed by atoms with Gasteiger partial charge in [-0.2, -0.15) is 0 Å². The van der Waals surface area contributed by atoms with Gasteiger partial charge in [0.15, 0.2) is 0 Å². The highest BCUT2D eigenvalue weighted by Crippen LogP contribution is 2.62. The fraction of sp³-hybridized carbons (Fsp3) is 0.900. The van der Waals surface area contributed by atoms with Crippen LogP contribution in [-0.2, 0) is 14.3 Å². The lowest BCUT2D eigenvalue weighted by molar-refractivity contribution is -0.161. The number of aliphatic hydroxyl groups is 1. The second-order valence-electron chi connectivity index (χ2n) is 4.40. The van der Waals surface area contributed by atoms with Crippen molar-refractivity contribution in [2.24, 2.45) is 11.3 Å². The second-order valence-corrected chi connectivity index (χ2v) is 4.40. The fourth-order valence-electron chi connectivity index (χ4n) is 2.64. The molecule has 4 heteroatoms. The Bertz CT molecular complexity index is 257. The van der Waals surface area contributed by atoms with E-state index in [1.807, 2.05) is 6.92 Å². The van der Waals surface area contributed by atoms with Crippen molar-refractivity contribution in [2.75, 3.05) is 20.3 Å². The quantitative estimate of drug-likeness (QED) is 0.653. The summed E-state index contributed by atoms with van der Waals surface area (Å²) in [6.45, 7) is 2.75. The van der Waals surface area contributed by atoms with Crippen LogP contribution in [0.15, 0.2) is 0 Å². The molecule has 0 bridgehead atoms. The molecule has 3 atom stereocenters. The van der Waals surface area contributed by atoms with Crippen molar-refractivity contribution in [3.8, 4) is 0 Å². The minimum absolute atomic E-state index is 0.196. The van der Waals surface area contributed by atoms with E-state index in [0.29, 0.717) is 19.4 Å². The summed E-state index contributed by atoms with van der Waals surface area (Å²) in [6, 6.07) is 0. The van der Waals surface area contributed by atoms with Crippen LogP contribution in [0.5, 0.6) is 0 Å². The topological polar surface area (TPSA) is 55.8 Å². The normalized spacial score (nSPS) is 46.4. The summed E-state index contributed by atoms with van der Waals surface area (Å²) in [4.78, 5) is 11.7. The third-order valence-corrected chi connectivity index (χ3v) is 3.69. The number of hydrogen-bond acceptors (Lipinski definition) is 4. The molecule has 0 spiro atoms. The van der Waals surface area contributed by atoms with Crippen molar-refractivity contribution in [1.29, 1.82) is 0 Å². The van der Waals surface area contributed by atoms with Crippen molar-refractivity contribution in [2.45, 2.75) is 25.4 Å². The lowest BCUT2D eigenvalue weighted by atomic mass is 9.81. The van der Waals surface area contributed by atoms with Crippen LogP contribution in [0.2, 0.25) is 0 Å². The Hall–Kier alpha value is -0.610. The van der Waals surface area contributed by atoms with Crippen molar-refractivity contribution in [3.05, 3.63) is 0 Å². The van der Waals surface area contributed by atoms with E-state index in [1.165, 1.54) is 7.11 Å². The van der Waals surface area contributed by atoms with Crippen LogP contribution < -0.4 is 0 Å². The second kappa shape index (κ2) is 2.94. The minimum Gasteiger partial charge on any atom is -0.468 e. The predicted molar refractivity (Wildman–Crippen MR) is 48.6 cm³/mol. The standard InChI is InChI=1S/C10H16O4/c1-7-5-10(7,8(11)13-2)9(12)3-4-14-6-9/h7,12H,3-6H2,1-2H3. The molecule has 3 unspecified atom stereocenters. The van der Waals surface area contributed by atoms with Crippen LogP contribution in [0, 0.1) is 11.3 Å². The first-order valence-electron chi connectivity index (χ1n) is 4.95. The van der Waals surface area contributed by atoms with Gasteiger partial charge in [0.1, 0.15) is 11.0 Å². The maximum atomic E-state index is 11.7. The van der Waals surface area contributed by atoms with E-state index in [0.717, 1.165) is 0 Å². The Labute approximate surface area is 83.2 Å². The zero-order valence-corrected chi connectivity index (χ0v) is 8.58. The van der Waals surface area contributed by atoms with E-state index < -0.39 is 11.0 Å². The average molecular weight is 200 g/mol. The van der Waals surface area contributed by atoms with Crippen molar-refractivity contribution in [1.82, 2.24) is 0 Å². The van der Waals surface area contributed by atoms with E-state index in [9.17, 15) is 9.90 Å². The third-order valence-electron chi connectivity index (χ3n) is 3.69. The summed E-state index contributed by atoms with van der Waals surface area (Å²) in [5.74, 6) is -0.0975. The third kappa shape index (κ3) is 1.04. The lowest BCUT2D eigenvalue weighted by Crippen LogP contribution is -2.46. The monoisotopic (exact) mass is 200 g/mol. The van der Waals surface area contributed by atoms with Gasteiger partial charge in [0.05, 0.1) is 13.7 Å². The summed E-state index contributed by atoms with van der Waals surface area (Å²) in [5.41, 5.74) is -1.70. The van der Waals surface area contributed by atoms with Crippen LogP contribution in [0.3, 0.4) is 0 Å². The fourth-order valence-corrected chi connectivity index (χ4v) is 2.64. The number of esters is 1. The smallest absolute Gasteiger partial charge is 0.315 e. The highest BCUT2D eigenvalue weighted by molar-refractivity contribution is 5.82. The molecule has 1 saturated heterocycles. The Kier molecular flexibility index (Phi) is 2.08. The first-order valence-corrected chi connectivity index (χ1v) is 4.95. The van der Waals surface area contributed by atoms with E-state index in [2.05, 4.69) is 0 Å². The molecule has 0 aromatic heterocycles. The molecule has 80 valence electrons. The van der Waals surface area contributed by atoms with Crippen LogP contribution in [0.1, 0.15) is 19.8 Å². The Morgan fingerprint density at radius 3 is 2.64 bits per heavy atom. The van der Waals surface area contributed by atoms with Gasteiger partial charge in [-0.25, -0.2) is 0 Å². The molecule has 2 fully saturated rings. The number of rotatable bonds is 2. The molecule has 1 aliphatic carbocycles. The molecule has 0 amide bonds. The van der Waals surface area contributed by atoms with Crippen LogP contribution in [0.25, 0.3) is 0 Å². The van der Waals surface area contributed by atoms with Crippen molar-refractivity contribution in [3.63, 3.8) is 0 Å². The predicted octanol–water partition coefficient (Wildman–Crippen LogP) is 0.337. The first kappa shape index (κ1) is 9.93. The minimum atomic E-state index is -1.00. The van der Waals surface area contributed by atoms with E-state index in [-0.39, 0.29) is 18.5 Å². The lowest BCUT2D eigenvalue weighted by Gasteiger charge is -2.30. The zero-order valence-electron chi connectivity index (χ0n) is 8.58. The number of carbonyl (C=O) groups excluding carboxylic acids is 1. The Balaban J connectivity index is 2.25. The van der Waals surface area contributed by atoms with E-state index >= 15 is 0 Å². The first-order chi connectivity index (χ1) is 6.57. The van der Waals surface area contributed by atoms with Crippen LogP contribution in [0.4, 0.5) is 0 Å². The maximum absolute atomic E-state index is 11.7. The highest BCUT2D eigenvalue weighted by Gasteiger charge is 2.70. The van der Waals surface area contributed by atoms with E-state index in [4.69, 9.17) is 9.47 Å². The van der Waals surface area contributed by atoms with Gasteiger partial charge in [-0.3, -0.25) is 4.79 Å². The van der Waals surface area contributed by atoms with Crippen LogP contribution >= 0.6 is 0 Å². The van der Waals surface area contributed by atoms with Gasteiger partial charge in [0.2, 0.25) is 0 Å². The molecule has 0 aromatic carbocycles. The molecule has 2 aliphatic rings. The molecule has 0 aromatic rings. The van der Waals surface area contributed by atoms with Gasteiger partial charge in [-0.05, 0) is 12.3 Å². The molecule has 14 heavy (non-hydrogen) atoms. The molecule has 2 rings (SSSR count). The molecule has 1 saturated carbocycles. The van der Waals surface area contributed by atoms with Gasteiger partial charge in [-0.15, -0.1) is 0 Å². The summed E-state index contributed by atoms with van der Waals surface area (Å²) >= 11 is 0. The van der Waals surface area contributed by atoms with E-state index in [1.54, 1.807) is 0 Å². The highest BCUT2D eigenvalue weighted by atomic mass is 16.5. The Morgan fingerprint density at radius 1 is 1.64 bits per heavy atom. The summed E-state index contributed by atoms with van der Waals surface area (Å²) in [7, 11) is 1.37. The van der Waals surface area contributed by atoms with Gasteiger partial charge < -0.3 is 14.6 Å². The Morgan fingerprint density at radius 2 is 2.29 bits per heavy atom. The van der Waals surface area contributed by atoms with Gasteiger partial charge in [-0.1, -0.05) is 6.92 Å². The number of hydrogen-bond donors (Lipinski definition) is 1. The van der Waals surface area contributed by atoms with Gasteiger partial charge in [0.25, 0.3) is 0 Å². The number of ether oxygens (including phenoxy) is 2. The molecule has 4 nitrogen and oxygen atoms in total. The van der Waals surface area contributed by atoms with Crippen LogP contribution in [-0.4, -0.2) is 37.0 Å². The summed E-state index contributed by atoms with van der Waals surface area (Å²) in [5, 5.41) is 10.3. The molecule has 1 aliphatic heterocycles. The SMILES string of the molecule is COC(=O)C1(C2(O)CCOC2)CC1C. The van der Waals surface area contributed by atoms with Gasteiger partial charge >= 0.3 is 5.97 Å². The van der Waals surface area contributed by atoms with Crippen molar-refractivity contribution < 1.29 is 19.4 Å². The zero-order chi connectivity index (χ0) is 10.4. The maximum Gasteiger partial charge on any atom is 0.315 e. The summed E-state index contributed by atoms with van der Waals surface area (Å²) < 4.78 is 9.94. The molecule has 0 radical (unpaired) electrons. The van der Waals surface area contributed by atoms with Crippen molar-refractivity contribution >= 4 is 5.97 Å². The molecular formula is C10H16O4. The number of methoxy groups -OCH3 is 1. The molecule has 1 heterocycles. The molecular weight excluding hydrogens is 184 g/mol. The summed E-state index contributed by atoms with van der Waals surface area (Å²) in [6.07, 6.45) is 1.24. The average Bonchev–Trinajstić information content (AvgIpc) is 2.66. The number of carbonyl (C=O) groups is 1. The largest absolute Gasteiger partial charge is 0.468 e. The molecule has 1 N–H and O–H groups in total.